The molecule has 0 aromatic heterocycles. The highest BCUT2D eigenvalue weighted by Crippen LogP contribution is 2.22. The molecule has 0 saturated carbocycles. The van der Waals surface area contributed by atoms with E-state index in [9.17, 15) is 24.0 Å². The van der Waals surface area contributed by atoms with Gasteiger partial charge in [0.25, 0.3) is 0 Å². The van der Waals surface area contributed by atoms with Crippen molar-refractivity contribution in [1.29, 1.82) is 0 Å². The van der Waals surface area contributed by atoms with Crippen LogP contribution in [0.1, 0.15) is 220 Å². The van der Waals surface area contributed by atoms with Gasteiger partial charge in [-0.2, -0.15) is 0 Å². The second-order valence-corrected chi connectivity index (χ2v) is 16.5. The molecule has 0 aromatic carbocycles. The molecule has 4 amide bonds. The smallest absolute Gasteiger partial charge is 0.243 e. The molecule has 2 aliphatic rings. The number of carbonyl (C=O) groups excluding carboxylic acids is 5. The van der Waals surface area contributed by atoms with Gasteiger partial charge in [0.15, 0.2) is 5.78 Å². The van der Waals surface area contributed by atoms with Crippen molar-refractivity contribution in [1.82, 2.24) is 20.4 Å². The number of nitrogens with zero attached hydrogens (tertiary/aromatic N) is 2. The van der Waals surface area contributed by atoms with Crippen LogP contribution >= 0.6 is 0 Å². The lowest BCUT2D eigenvalue weighted by Crippen LogP contribution is -2.50. The van der Waals surface area contributed by atoms with E-state index in [1.165, 1.54) is 116 Å². The minimum Gasteiger partial charge on any atom is -0.354 e. The molecule has 0 aromatic rings. The Morgan fingerprint density at radius 1 is 0.519 bits per heavy atom. The largest absolute Gasteiger partial charge is 0.354 e. The lowest BCUT2D eigenvalue weighted by Gasteiger charge is -2.26. The Labute approximate surface area is 330 Å². The standard InChI is InChI=1S/C45H82N4O5/c1-4-6-8-10-12-14-16-18-20-22-24-33-42(51)48-36-28-31-40(48)44(53)46-35-27-26-30-39(38(3)50)47-45(54)41-32-29-37-49(41)43(52)34-25-23-21-19-17-15-13-11-9-7-5-2/h39-41H,4-37H2,1-3H3,(H,46,53)(H,47,54). The Morgan fingerprint density at radius 2 is 0.907 bits per heavy atom. The fourth-order valence-corrected chi connectivity index (χ4v) is 8.29. The number of carbonyl (C=O) groups is 5. The molecule has 3 unspecified atom stereocenters. The first-order valence-electron chi connectivity index (χ1n) is 23.0. The number of ketones is 1. The summed E-state index contributed by atoms with van der Waals surface area (Å²) in [6, 6.07) is -1.49. The number of likely N-dealkylation sites (tertiary alicyclic amines) is 2. The quantitative estimate of drug-likeness (QED) is 0.0647. The van der Waals surface area contributed by atoms with E-state index in [0.29, 0.717) is 64.6 Å². The van der Waals surface area contributed by atoms with Gasteiger partial charge in [-0.1, -0.05) is 142 Å². The van der Waals surface area contributed by atoms with Crippen LogP contribution in [-0.2, 0) is 24.0 Å². The summed E-state index contributed by atoms with van der Waals surface area (Å²) in [5.74, 6) is -0.263. The van der Waals surface area contributed by atoms with Gasteiger partial charge in [-0.3, -0.25) is 24.0 Å². The van der Waals surface area contributed by atoms with Crippen LogP contribution < -0.4 is 10.6 Å². The zero-order chi connectivity index (χ0) is 39.2. The second kappa shape index (κ2) is 30.7. The summed E-state index contributed by atoms with van der Waals surface area (Å²) >= 11 is 0. The molecule has 2 heterocycles. The van der Waals surface area contributed by atoms with Crippen LogP contribution in [0.4, 0.5) is 0 Å². The van der Waals surface area contributed by atoms with Crippen LogP contribution in [0.15, 0.2) is 0 Å². The van der Waals surface area contributed by atoms with Gasteiger partial charge in [0.05, 0.1) is 6.04 Å². The third-order valence-corrected chi connectivity index (χ3v) is 11.8. The van der Waals surface area contributed by atoms with Gasteiger partial charge >= 0.3 is 0 Å². The number of Topliss-reactive ketones (excluding diaryl/α,β-unsaturated/α-hetero) is 1. The number of nitrogens with one attached hydrogen (secondary N) is 2. The molecule has 0 bridgehead atoms. The second-order valence-electron chi connectivity index (χ2n) is 16.5. The molecule has 312 valence electrons. The van der Waals surface area contributed by atoms with Crippen molar-refractivity contribution in [3.8, 4) is 0 Å². The van der Waals surface area contributed by atoms with E-state index < -0.39 is 12.1 Å². The predicted molar refractivity (Wildman–Crippen MR) is 221 cm³/mol. The van der Waals surface area contributed by atoms with Crippen molar-refractivity contribution in [2.45, 2.75) is 238 Å². The van der Waals surface area contributed by atoms with Crippen molar-refractivity contribution in [2.24, 2.45) is 0 Å². The molecular formula is C45H82N4O5. The van der Waals surface area contributed by atoms with Crippen LogP contribution in [0.25, 0.3) is 0 Å². The third kappa shape index (κ3) is 20.5. The maximum atomic E-state index is 13.3. The zero-order valence-electron chi connectivity index (χ0n) is 35.2. The molecule has 9 heteroatoms. The molecule has 0 aliphatic carbocycles. The molecule has 2 N–H and O–H groups in total. The number of unbranched alkanes of at least 4 members (excludes halogenated alkanes) is 21. The van der Waals surface area contributed by atoms with Crippen molar-refractivity contribution in [3.05, 3.63) is 0 Å². The lowest BCUT2D eigenvalue weighted by molar-refractivity contribution is -0.139. The molecule has 2 saturated heterocycles. The Balaban J connectivity index is 1.59. The van der Waals surface area contributed by atoms with E-state index in [2.05, 4.69) is 24.5 Å². The van der Waals surface area contributed by atoms with E-state index in [0.717, 1.165) is 44.9 Å². The van der Waals surface area contributed by atoms with E-state index in [1.54, 1.807) is 9.80 Å². The van der Waals surface area contributed by atoms with Crippen LogP contribution in [0.2, 0.25) is 0 Å². The minimum atomic E-state index is -0.601. The first kappa shape index (κ1) is 47.7. The average molecular weight is 759 g/mol. The Kier molecular flexibility index (Phi) is 27.1. The molecule has 0 spiro atoms. The molecule has 2 fully saturated rings. The Bertz CT molecular complexity index is 1050. The van der Waals surface area contributed by atoms with Gasteiger partial charge in [0.2, 0.25) is 23.6 Å². The fourth-order valence-electron chi connectivity index (χ4n) is 8.29. The van der Waals surface area contributed by atoms with E-state index in [-0.39, 0.29) is 35.5 Å². The highest BCUT2D eigenvalue weighted by molar-refractivity contribution is 5.92. The number of hydrogen-bond donors (Lipinski definition) is 2. The van der Waals surface area contributed by atoms with E-state index >= 15 is 0 Å². The van der Waals surface area contributed by atoms with Gasteiger partial charge in [0.1, 0.15) is 12.1 Å². The maximum Gasteiger partial charge on any atom is 0.243 e. The molecule has 3 atom stereocenters. The van der Waals surface area contributed by atoms with Crippen LogP contribution in [0, 0.1) is 0 Å². The number of hydrogen-bond acceptors (Lipinski definition) is 5. The fraction of sp³-hybridized carbons (Fsp3) is 0.889. The molecule has 9 nitrogen and oxygen atoms in total. The SMILES string of the molecule is CCCCCCCCCCCCCC(=O)N1CCCC1C(=O)NCCCCC(NC(=O)C1CCCN1C(=O)CCCCCCCCCCCCC)C(C)=O. The molecular weight excluding hydrogens is 677 g/mol. The van der Waals surface area contributed by atoms with Gasteiger partial charge in [-0.15, -0.1) is 0 Å². The summed E-state index contributed by atoms with van der Waals surface area (Å²) in [6.45, 7) is 7.72. The molecule has 2 aliphatic heterocycles. The number of rotatable bonds is 33. The molecule has 54 heavy (non-hydrogen) atoms. The van der Waals surface area contributed by atoms with Gasteiger partial charge in [-0.25, -0.2) is 0 Å². The van der Waals surface area contributed by atoms with Crippen LogP contribution in [0.3, 0.4) is 0 Å². The Hall–Kier alpha value is -2.45. The summed E-state index contributed by atoms with van der Waals surface area (Å²) in [5, 5.41) is 5.97. The van der Waals surface area contributed by atoms with Crippen LogP contribution in [0.5, 0.6) is 0 Å². The third-order valence-electron chi connectivity index (χ3n) is 11.8. The summed E-state index contributed by atoms with van der Waals surface area (Å²) in [6.07, 6.45) is 33.1. The van der Waals surface area contributed by atoms with Crippen molar-refractivity contribution in [2.75, 3.05) is 19.6 Å². The average Bonchev–Trinajstić information content (AvgIpc) is 3.86. The van der Waals surface area contributed by atoms with Crippen molar-refractivity contribution >= 4 is 29.4 Å². The van der Waals surface area contributed by atoms with E-state index in [1.807, 2.05) is 0 Å². The lowest BCUT2D eigenvalue weighted by atomic mass is 10.0. The molecule has 2 rings (SSSR count). The highest BCUT2D eigenvalue weighted by Gasteiger charge is 2.35. The maximum absolute atomic E-state index is 13.3. The summed E-state index contributed by atoms with van der Waals surface area (Å²) < 4.78 is 0. The van der Waals surface area contributed by atoms with Crippen LogP contribution in [-0.4, -0.2) is 77.0 Å². The molecule has 0 radical (unpaired) electrons. The van der Waals surface area contributed by atoms with Gasteiger partial charge in [-0.05, 0) is 64.7 Å². The normalized spacial score (nSPS) is 17.5. The topological polar surface area (TPSA) is 116 Å². The van der Waals surface area contributed by atoms with Crippen molar-refractivity contribution in [3.63, 3.8) is 0 Å². The number of amides is 4. The monoisotopic (exact) mass is 759 g/mol. The summed E-state index contributed by atoms with van der Waals surface area (Å²) in [4.78, 5) is 68.3. The first-order chi connectivity index (χ1) is 26.3. The highest BCUT2D eigenvalue weighted by atomic mass is 16.2. The summed E-state index contributed by atoms with van der Waals surface area (Å²) in [5.41, 5.74) is 0. The minimum absolute atomic E-state index is 0.0512. The van der Waals surface area contributed by atoms with Crippen molar-refractivity contribution < 1.29 is 24.0 Å². The zero-order valence-corrected chi connectivity index (χ0v) is 35.2. The predicted octanol–water partition coefficient (Wildman–Crippen LogP) is 9.73. The van der Waals surface area contributed by atoms with E-state index in [4.69, 9.17) is 0 Å². The van der Waals surface area contributed by atoms with Gasteiger partial charge < -0.3 is 20.4 Å². The Morgan fingerprint density at radius 3 is 1.31 bits per heavy atom. The summed E-state index contributed by atoms with van der Waals surface area (Å²) in [7, 11) is 0. The first-order valence-corrected chi connectivity index (χ1v) is 23.0. The van der Waals surface area contributed by atoms with Gasteiger partial charge in [0, 0.05) is 32.5 Å².